The highest BCUT2D eigenvalue weighted by molar-refractivity contribution is 6.02. The van der Waals surface area contributed by atoms with Gasteiger partial charge in [0.2, 0.25) is 0 Å². The number of ether oxygens (including phenoxy) is 1. The molecule has 0 spiro atoms. The first-order chi connectivity index (χ1) is 13.1. The summed E-state index contributed by atoms with van der Waals surface area (Å²) in [6.45, 7) is 2.27. The van der Waals surface area contributed by atoms with Gasteiger partial charge in [-0.25, -0.2) is 4.79 Å². The highest BCUT2D eigenvalue weighted by Crippen LogP contribution is 2.14. The van der Waals surface area contributed by atoms with Crippen LogP contribution in [0.15, 0.2) is 70.0 Å². The summed E-state index contributed by atoms with van der Waals surface area (Å²) in [7, 11) is 0. The lowest BCUT2D eigenvalue weighted by molar-refractivity contribution is 0.0526. The topological polar surface area (TPSA) is 90.5 Å². The van der Waals surface area contributed by atoms with Crippen LogP contribution < -0.4 is 10.9 Å². The highest BCUT2D eigenvalue weighted by Gasteiger charge is 2.13. The molecule has 0 bridgehead atoms. The maximum atomic E-state index is 12.3. The van der Waals surface area contributed by atoms with Gasteiger partial charge in [-0.1, -0.05) is 6.07 Å². The first-order valence-corrected chi connectivity index (χ1v) is 8.39. The monoisotopic (exact) mass is 366 g/mol. The molecule has 0 atom stereocenters. The summed E-state index contributed by atoms with van der Waals surface area (Å²) in [5, 5.41) is 2.69. The Morgan fingerprint density at radius 1 is 1.07 bits per heavy atom. The zero-order valence-electron chi connectivity index (χ0n) is 14.7. The van der Waals surface area contributed by atoms with Crippen molar-refractivity contribution in [3.63, 3.8) is 0 Å². The van der Waals surface area contributed by atoms with Crippen molar-refractivity contribution in [2.75, 3.05) is 11.9 Å². The van der Waals surface area contributed by atoms with Gasteiger partial charge in [-0.3, -0.25) is 9.59 Å². The summed E-state index contributed by atoms with van der Waals surface area (Å²) in [6, 6.07) is 14.4. The van der Waals surface area contributed by atoms with Gasteiger partial charge in [0.15, 0.2) is 5.76 Å². The zero-order chi connectivity index (χ0) is 19.2. The molecule has 0 saturated carbocycles. The number of pyridine rings is 1. The lowest BCUT2D eigenvalue weighted by Gasteiger charge is -2.05. The zero-order valence-corrected chi connectivity index (χ0v) is 14.7. The molecule has 0 fully saturated rings. The second kappa shape index (κ2) is 8.18. The van der Waals surface area contributed by atoms with Crippen LogP contribution in [0.3, 0.4) is 0 Å². The third-order valence-electron chi connectivity index (χ3n) is 3.76. The molecule has 1 N–H and O–H groups in total. The van der Waals surface area contributed by atoms with E-state index in [1.54, 1.807) is 61.7 Å². The molecule has 138 valence electrons. The van der Waals surface area contributed by atoms with Gasteiger partial charge in [-0.15, -0.1) is 0 Å². The molecule has 0 aliphatic heterocycles. The normalized spacial score (nSPS) is 10.4. The second-order valence-electron chi connectivity index (χ2n) is 5.68. The highest BCUT2D eigenvalue weighted by atomic mass is 16.5. The average molecular weight is 366 g/mol. The Hall–Kier alpha value is -3.61. The molecule has 1 aromatic carbocycles. The molecular formula is C20H18N2O5. The van der Waals surface area contributed by atoms with Crippen LogP contribution in [-0.4, -0.2) is 23.1 Å². The smallest absolute Gasteiger partial charge is 0.338 e. The van der Waals surface area contributed by atoms with Crippen LogP contribution in [0.1, 0.15) is 33.6 Å². The van der Waals surface area contributed by atoms with Crippen molar-refractivity contribution < 1.29 is 18.7 Å². The molecule has 7 nitrogen and oxygen atoms in total. The fourth-order valence-corrected chi connectivity index (χ4v) is 2.44. The van der Waals surface area contributed by atoms with Crippen LogP contribution in [0.4, 0.5) is 5.69 Å². The lowest BCUT2D eigenvalue weighted by atomic mass is 10.2. The van der Waals surface area contributed by atoms with Gasteiger partial charge in [-0.05, 0) is 49.4 Å². The van der Waals surface area contributed by atoms with Crippen molar-refractivity contribution in [2.45, 2.75) is 13.5 Å². The Morgan fingerprint density at radius 2 is 1.85 bits per heavy atom. The summed E-state index contributed by atoms with van der Waals surface area (Å²) >= 11 is 0. The summed E-state index contributed by atoms with van der Waals surface area (Å²) in [5.74, 6) is -0.220. The minimum Gasteiger partial charge on any atom is -0.462 e. The first kappa shape index (κ1) is 18.2. The van der Waals surface area contributed by atoms with Crippen LogP contribution in [0.2, 0.25) is 0 Å². The van der Waals surface area contributed by atoms with Crippen molar-refractivity contribution in [2.24, 2.45) is 0 Å². The number of carbonyl (C=O) groups is 2. The minimum absolute atomic E-state index is 0.128. The molecule has 3 rings (SSSR count). The number of esters is 1. The predicted octanol–water partition coefficient (Wildman–Crippen LogP) is 2.92. The number of hydrogen-bond donors (Lipinski definition) is 1. The lowest BCUT2D eigenvalue weighted by Crippen LogP contribution is -2.18. The average Bonchev–Trinajstić information content (AvgIpc) is 3.13. The quantitative estimate of drug-likeness (QED) is 0.678. The minimum atomic E-state index is -0.425. The van der Waals surface area contributed by atoms with E-state index in [0.29, 0.717) is 23.6 Å². The Labute approximate surface area is 155 Å². The molecule has 7 heteroatoms. The number of benzene rings is 1. The van der Waals surface area contributed by atoms with Gasteiger partial charge in [-0.2, -0.15) is 0 Å². The van der Waals surface area contributed by atoms with E-state index in [1.165, 1.54) is 10.6 Å². The van der Waals surface area contributed by atoms with E-state index in [0.717, 1.165) is 0 Å². The van der Waals surface area contributed by atoms with Crippen molar-refractivity contribution in [1.82, 2.24) is 4.57 Å². The molecule has 2 heterocycles. The van der Waals surface area contributed by atoms with E-state index in [1.807, 2.05) is 0 Å². The van der Waals surface area contributed by atoms with Gasteiger partial charge in [0.1, 0.15) is 5.76 Å². The van der Waals surface area contributed by atoms with Crippen LogP contribution in [0.5, 0.6) is 0 Å². The summed E-state index contributed by atoms with van der Waals surface area (Å²) < 4.78 is 11.9. The number of furan rings is 1. The maximum Gasteiger partial charge on any atom is 0.338 e. The number of rotatable bonds is 6. The second-order valence-corrected chi connectivity index (χ2v) is 5.68. The van der Waals surface area contributed by atoms with E-state index in [4.69, 9.17) is 9.15 Å². The van der Waals surface area contributed by atoms with Gasteiger partial charge in [0.05, 0.1) is 18.7 Å². The third-order valence-corrected chi connectivity index (χ3v) is 3.76. The molecular weight excluding hydrogens is 348 g/mol. The SMILES string of the molecule is CCOC(=O)c1ccc(NC(=O)c2ccc(Cn3ccccc3=O)o2)cc1. The Bertz CT molecular complexity index is 1000. The van der Waals surface area contributed by atoms with Gasteiger partial charge in [0, 0.05) is 18.0 Å². The van der Waals surface area contributed by atoms with Gasteiger partial charge in [0.25, 0.3) is 11.5 Å². The molecule has 0 aliphatic rings. The maximum absolute atomic E-state index is 12.3. The number of amides is 1. The number of anilines is 1. The summed E-state index contributed by atoms with van der Waals surface area (Å²) in [6.07, 6.45) is 1.65. The predicted molar refractivity (Wildman–Crippen MR) is 98.9 cm³/mol. The van der Waals surface area contributed by atoms with Crippen molar-refractivity contribution in [3.8, 4) is 0 Å². The van der Waals surface area contributed by atoms with Crippen LogP contribution in [0.25, 0.3) is 0 Å². The van der Waals surface area contributed by atoms with E-state index in [2.05, 4.69) is 5.32 Å². The molecule has 1 amide bonds. The molecule has 0 radical (unpaired) electrons. The number of aromatic nitrogens is 1. The van der Waals surface area contributed by atoms with Crippen molar-refractivity contribution in [3.05, 3.63) is 88.2 Å². The largest absolute Gasteiger partial charge is 0.462 e. The van der Waals surface area contributed by atoms with E-state index in [9.17, 15) is 14.4 Å². The van der Waals surface area contributed by atoms with E-state index >= 15 is 0 Å². The first-order valence-electron chi connectivity index (χ1n) is 8.39. The van der Waals surface area contributed by atoms with Crippen LogP contribution >= 0.6 is 0 Å². The Balaban J connectivity index is 1.65. The number of hydrogen-bond acceptors (Lipinski definition) is 5. The molecule has 3 aromatic rings. The van der Waals surface area contributed by atoms with Gasteiger partial charge >= 0.3 is 5.97 Å². The van der Waals surface area contributed by atoms with Crippen molar-refractivity contribution >= 4 is 17.6 Å². The summed E-state index contributed by atoms with van der Waals surface area (Å²) in [5.41, 5.74) is 0.773. The number of carbonyl (C=O) groups excluding carboxylic acids is 2. The third kappa shape index (κ3) is 4.52. The Morgan fingerprint density at radius 3 is 2.56 bits per heavy atom. The number of nitrogens with zero attached hydrogens (tertiary/aromatic N) is 1. The summed E-state index contributed by atoms with van der Waals surface area (Å²) in [4.78, 5) is 35.7. The molecule has 0 unspecified atom stereocenters. The van der Waals surface area contributed by atoms with E-state index in [-0.39, 0.29) is 17.9 Å². The number of nitrogens with one attached hydrogen (secondary N) is 1. The Kier molecular flexibility index (Phi) is 5.51. The standard InChI is InChI=1S/C20H18N2O5/c1-2-26-20(25)14-6-8-15(9-7-14)21-19(24)17-11-10-16(27-17)13-22-12-4-3-5-18(22)23/h3-12H,2,13H2,1H3,(H,21,24). The van der Waals surface area contributed by atoms with E-state index < -0.39 is 11.9 Å². The van der Waals surface area contributed by atoms with Crippen molar-refractivity contribution in [1.29, 1.82) is 0 Å². The molecule has 27 heavy (non-hydrogen) atoms. The fraction of sp³-hybridized carbons (Fsp3) is 0.150. The van der Waals surface area contributed by atoms with Crippen LogP contribution in [-0.2, 0) is 11.3 Å². The molecule has 2 aromatic heterocycles. The molecule has 0 saturated heterocycles. The molecule has 0 aliphatic carbocycles. The van der Waals surface area contributed by atoms with Gasteiger partial charge < -0.3 is 19.0 Å². The fourth-order valence-electron chi connectivity index (χ4n) is 2.44. The van der Waals surface area contributed by atoms with Crippen LogP contribution in [0, 0.1) is 0 Å².